The number of fused-ring (bicyclic) bond motifs is 1. The molecule has 0 bridgehead atoms. The highest BCUT2D eigenvalue weighted by Crippen LogP contribution is 2.19. The number of benzene rings is 3. The molecule has 4 aromatic rings. The summed E-state index contributed by atoms with van der Waals surface area (Å²) in [4.78, 5) is 17.5. The zero-order valence-corrected chi connectivity index (χ0v) is 16.1. The Morgan fingerprint density at radius 2 is 1.69 bits per heavy atom. The minimum atomic E-state index is -0.327. The fourth-order valence-electron chi connectivity index (χ4n) is 3.03. The van der Waals surface area contributed by atoms with Crippen molar-refractivity contribution in [1.82, 2.24) is 0 Å². The molecule has 0 fully saturated rings. The lowest BCUT2D eigenvalue weighted by Gasteiger charge is -2.09. The van der Waals surface area contributed by atoms with Gasteiger partial charge in [-0.1, -0.05) is 36.4 Å². The lowest BCUT2D eigenvalue weighted by atomic mass is 10.1. The molecule has 0 aliphatic rings. The zero-order valence-electron chi connectivity index (χ0n) is 16.1. The molecule has 0 atom stereocenters. The normalized spacial score (nSPS) is 11.6. The molecule has 0 spiro atoms. The van der Waals surface area contributed by atoms with Crippen LogP contribution in [0.25, 0.3) is 11.0 Å². The highest BCUT2D eigenvalue weighted by Gasteiger charge is 2.14. The molecule has 0 saturated heterocycles. The molecule has 29 heavy (non-hydrogen) atoms. The maximum absolute atomic E-state index is 13.6. The molecule has 4 rings (SSSR count). The average Bonchev–Trinajstić information content (AvgIpc) is 2.72. The standard InChI is InChI=1S/C24H19FN2O2/c1-15-7-3-5-9-21(15)27-23(28)19-14-17-8-4-6-10-22(17)29-24(19)26-18-11-12-20(25)16(2)13-18/h3-14H,1-2H3,(H,27,28). The number of nitrogens with zero attached hydrogens (tertiary/aromatic N) is 1. The molecule has 4 nitrogen and oxygen atoms in total. The maximum atomic E-state index is 13.6. The van der Waals surface area contributed by atoms with Crippen LogP contribution in [0.3, 0.4) is 0 Å². The van der Waals surface area contributed by atoms with Gasteiger partial charge < -0.3 is 9.73 Å². The first kappa shape index (κ1) is 18.6. The van der Waals surface area contributed by atoms with E-state index >= 15 is 0 Å². The maximum Gasteiger partial charge on any atom is 0.261 e. The minimum Gasteiger partial charge on any atom is -0.438 e. The van der Waals surface area contributed by atoms with Crippen LogP contribution in [0.5, 0.6) is 0 Å². The molecular formula is C24H19FN2O2. The fourth-order valence-corrected chi connectivity index (χ4v) is 3.03. The largest absolute Gasteiger partial charge is 0.438 e. The van der Waals surface area contributed by atoms with E-state index in [-0.39, 0.29) is 17.3 Å². The van der Waals surface area contributed by atoms with E-state index in [2.05, 4.69) is 10.3 Å². The van der Waals surface area contributed by atoms with Gasteiger partial charge >= 0.3 is 0 Å². The van der Waals surface area contributed by atoms with Gasteiger partial charge in [-0.2, -0.15) is 0 Å². The molecule has 1 amide bonds. The van der Waals surface area contributed by atoms with E-state index in [1.807, 2.05) is 55.5 Å². The Morgan fingerprint density at radius 1 is 0.931 bits per heavy atom. The molecule has 0 saturated carbocycles. The molecule has 0 aliphatic heterocycles. The van der Waals surface area contributed by atoms with E-state index < -0.39 is 0 Å². The van der Waals surface area contributed by atoms with E-state index in [9.17, 15) is 9.18 Å². The SMILES string of the molecule is Cc1cc(N=c2oc3ccccc3cc2C(=O)Nc2ccccc2C)ccc1F. The summed E-state index contributed by atoms with van der Waals surface area (Å²) in [5, 5.41) is 3.71. The average molecular weight is 386 g/mol. The van der Waals surface area contributed by atoms with Crippen molar-refractivity contribution in [3.8, 4) is 0 Å². The van der Waals surface area contributed by atoms with E-state index in [0.29, 0.717) is 28.1 Å². The third-order valence-corrected chi connectivity index (χ3v) is 4.67. The summed E-state index contributed by atoms with van der Waals surface area (Å²) in [6.07, 6.45) is 0. The Hall–Kier alpha value is -3.73. The van der Waals surface area contributed by atoms with Gasteiger partial charge in [0.2, 0.25) is 5.55 Å². The van der Waals surface area contributed by atoms with Crippen molar-refractivity contribution in [3.63, 3.8) is 0 Å². The quantitative estimate of drug-likeness (QED) is 0.493. The van der Waals surface area contributed by atoms with Gasteiger partial charge in [0.15, 0.2) is 0 Å². The summed E-state index contributed by atoms with van der Waals surface area (Å²) in [6, 6.07) is 21.2. The predicted octanol–water partition coefficient (Wildman–Crippen LogP) is 5.67. The highest BCUT2D eigenvalue weighted by atomic mass is 19.1. The minimum absolute atomic E-state index is 0.167. The number of anilines is 1. The first-order valence-electron chi connectivity index (χ1n) is 9.22. The first-order chi connectivity index (χ1) is 14.0. The number of carbonyl (C=O) groups excluding carboxylic acids is 1. The second-order valence-corrected chi connectivity index (χ2v) is 6.82. The molecule has 5 heteroatoms. The molecule has 1 N–H and O–H groups in total. The smallest absolute Gasteiger partial charge is 0.261 e. The number of nitrogens with one attached hydrogen (secondary N) is 1. The lowest BCUT2D eigenvalue weighted by molar-refractivity contribution is 0.102. The Bertz CT molecular complexity index is 1290. The van der Waals surface area contributed by atoms with E-state index in [0.717, 1.165) is 10.9 Å². The van der Waals surface area contributed by atoms with Crippen LogP contribution in [-0.2, 0) is 0 Å². The summed E-state index contributed by atoms with van der Waals surface area (Å²) in [6.45, 7) is 3.59. The second-order valence-electron chi connectivity index (χ2n) is 6.82. The monoisotopic (exact) mass is 386 g/mol. The van der Waals surface area contributed by atoms with Gasteiger partial charge in [0.1, 0.15) is 17.0 Å². The third kappa shape index (κ3) is 3.94. The Balaban J connectivity index is 1.86. The first-order valence-corrected chi connectivity index (χ1v) is 9.22. The van der Waals surface area contributed by atoms with Gasteiger partial charge in [0.25, 0.3) is 5.91 Å². The van der Waals surface area contributed by atoms with Crippen LogP contribution >= 0.6 is 0 Å². The number of aryl methyl sites for hydroxylation is 2. The summed E-state index contributed by atoms with van der Waals surface area (Å²) < 4.78 is 19.5. The number of halogens is 1. The Kier molecular flexibility index (Phi) is 4.96. The van der Waals surface area contributed by atoms with Crippen molar-refractivity contribution < 1.29 is 13.6 Å². The van der Waals surface area contributed by atoms with Crippen molar-refractivity contribution in [3.05, 3.63) is 101 Å². The van der Waals surface area contributed by atoms with Crippen molar-refractivity contribution in [2.24, 2.45) is 4.99 Å². The molecule has 0 aliphatic carbocycles. The Labute approximate surface area is 167 Å². The van der Waals surface area contributed by atoms with Crippen LogP contribution in [0, 0.1) is 19.7 Å². The molecule has 3 aromatic carbocycles. The summed E-state index contributed by atoms with van der Waals surface area (Å²) in [7, 11) is 0. The van der Waals surface area contributed by atoms with Gasteiger partial charge in [-0.3, -0.25) is 4.79 Å². The van der Waals surface area contributed by atoms with Gasteiger partial charge in [-0.15, -0.1) is 0 Å². The molecule has 144 valence electrons. The molecule has 0 unspecified atom stereocenters. The van der Waals surface area contributed by atoms with Crippen molar-refractivity contribution >= 4 is 28.3 Å². The number of rotatable bonds is 3. The van der Waals surface area contributed by atoms with Crippen LogP contribution in [0.15, 0.2) is 82.2 Å². The van der Waals surface area contributed by atoms with Crippen molar-refractivity contribution in [1.29, 1.82) is 0 Å². The summed E-state index contributed by atoms with van der Waals surface area (Å²) in [5.41, 5.74) is 3.72. The van der Waals surface area contributed by atoms with Gasteiger partial charge in [-0.25, -0.2) is 9.38 Å². The fraction of sp³-hybridized carbons (Fsp3) is 0.0833. The van der Waals surface area contributed by atoms with Crippen LogP contribution < -0.4 is 10.9 Å². The third-order valence-electron chi connectivity index (χ3n) is 4.67. The number of hydrogen-bond acceptors (Lipinski definition) is 3. The molecule has 1 heterocycles. The van der Waals surface area contributed by atoms with Crippen molar-refractivity contribution in [2.75, 3.05) is 5.32 Å². The number of amides is 1. The number of para-hydroxylation sites is 2. The van der Waals surface area contributed by atoms with Crippen LogP contribution in [0.4, 0.5) is 15.8 Å². The Morgan fingerprint density at radius 3 is 2.48 bits per heavy atom. The molecule has 1 aromatic heterocycles. The number of carbonyl (C=O) groups is 1. The van der Waals surface area contributed by atoms with Crippen LogP contribution in [0.2, 0.25) is 0 Å². The van der Waals surface area contributed by atoms with E-state index in [4.69, 9.17) is 4.42 Å². The number of hydrogen-bond donors (Lipinski definition) is 1. The predicted molar refractivity (Wildman–Crippen MR) is 112 cm³/mol. The van der Waals surface area contributed by atoms with Gasteiger partial charge in [-0.05, 0) is 61.4 Å². The summed E-state index contributed by atoms with van der Waals surface area (Å²) in [5.74, 6) is -0.636. The lowest BCUT2D eigenvalue weighted by Crippen LogP contribution is -2.22. The topological polar surface area (TPSA) is 54.6 Å². The van der Waals surface area contributed by atoms with Crippen LogP contribution in [-0.4, -0.2) is 5.91 Å². The van der Waals surface area contributed by atoms with E-state index in [1.165, 1.54) is 6.07 Å². The van der Waals surface area contributed by atoms with E-state index in [1.54, 1.807) is 25.1 Å². The second kappa shape index (κ2) is 7.72. The van der Waals surface area contributed by atoms with Crippen LogP contribution in [0.1, 0.15) is 21.5 Å². The van der Waals surface area contributed by atoms with Gasteiger partial charge in [0, 0.05) is 11.1 Å². The zero-order chi connectivity index (χ0) is 20.4. The summed E-state index contributed by atoms with van der Waals surface area (Å²) >= 11 is 0. The van der Waals surface area contributed by atoms with Gasteiger partial charge in [0.05, 0.1) is 5.69 Å². The highest BCUT2D eigenvalue weighted by molar-refractivity contribution is 6.05. The van der Waals surface area contributed by atoms with Crippen molar-refractivity contribution in [2.45, 2.75) is 13.8 Å². The molecular weight excluding hydrogens is 367 g/mol. The molecule has 0 radical (unpaired) electrons.